The minimum absolute atomic E-state index is 0.0869. The number of anilines is 3. The average molecular weight is 475 g/mol. The molecular formula is C26H26N4O5. The van der Waals surface area contributed by atoms with Crippen molar-refractivity contribution in [3.8, 4) is 5.75 Å². The third-order valence-electron chi connectivity index (χ3n) is 5.43. The Morgan fingerprint density at radius 2 is 1.86 bits per heavy atom. The molecule has 0 radical (unpaired) electrons. The molecule has 1 atom stereocenters. The molecule has 3 aromatic rings. The number of hydrogen-bond acceptors (Lipinski definition) is 6. The van der Waals surface area contributed by atoms with Crippen molar-refractivity contribution < 1.29 is 24.2 Å². The van der Waals surface area contributed by atoms with Crippen LogP contribution in [0.2, 0.25) is 0 Å². The topological polar surface area (TPSA) is 121 Å². The number of ether oxygens (including phenoxy) is 1. The first-order valence-corrected chi connectivity index (χ1v) is 11.3. The van der Waals surface area contributed by atoms with Crippen LogP contribution in [-0.4, -0.2) is 47.1 Å². The van der Waals surface area contributed by atoms with E-state index >= 15 is 0 Å². The maximum Gasteiger partial charge on any atom is 0.307 e. The Balaban J connectivity index is 1.44. The number of nitrogens with one attached hydrogen (secondary N) is 2. The molecule has 0 bridgehead atoms. The fourth-order valence-corrected chi connectivity index (χ4v) is 3.81. The number of benzene rings is 2. The number of amides is 2. The van der Waals surface area contributed by atoms with E-state index in [0.29, 0.717) is 42.1 Å². The highest BCUT2D eigenvalue weighted by atomic mass is 16.5. The Hall–Kier alpha value is -4.40. The number of fused-ring (bicyclic) bond motifs is 1. The molecule has 2 amide bonds. The van der Waals surface area contributed by atoms with Gasteiger partial charge >= 0.3 is 5.97 Å². The van der Waals surface area contributed by atoms with Gasteiger partial charge in [-0.1, -0.05) is 24.3 Å². The van der Waals surface area contributed by atoms with Crippen LogP contribution in [0.4, 0.5) is 17.2 Å². The van der Waals surface area contributed by atoms with Crippen molar-refractivity contribution in [2.45, 2.75) is 25.4 Å². The van der Waals surface area contributed by atoms with Gasteiger partial charge in [0, 0.05) is 30.4 Å². The van der Waals surface area contributed by atoms with Crippen LogP contribution < -0.4 is 20.3 Å². The smallest absolute Gasteiger partial charge is 0.307 e. The van der Waals surface area contributed by atoms with Crippen LogP contribution >= 0.6 is 0 Å². The predicted molar refractivity (Wildman–Crippen MR) is 132 cm³/mol. The second kappa shape index (κ2) is 11.1. The molecule has 2 heterocycles. The average Bonchev–Trinajstić information content (AvgIpc) is 2.87. The number of carbonyl (C=O) groups is 3. The van der Waals surface area contributed by atoms with Crippen LogP contribution in [-0.2, 0) is 9.59 Å². The third-order valence-corrected chi connectivity index (χ3v) is 5.43. The molecule has 0 saturated carbocycles. The lowest BCUT2D eigenvalue weighted by Gasteiger charge is -2.34. The highest BCUT2D eigenvalue weighted by Crippen LogP contribution is 2.37. The Morgan fingerprint density at radius 3 is 2.60 bits per heavy atom. The molecule has 180 valence electrons. The summed E-state index contributed by atoms with van der Waals surface area (Å²) in [5.74, 6) is -0.285. The summed E-state index contributed by atoms with van der Waals surface area (Å²) in [6, 6.07) is 19.3. The van der Waals surface area contributed by atoms with Crippen LogP contribution in [0.15, 0.2) is 72.9 Å². The van der Waals surface area contributed by atoms with E-state index in [0.717, 1.165) is 5.82 Å². The van der Waals surface area contributed by atoms with Crippen LogP contribution in [0.5, 0.6) is 5.75 Å². The lowest BCUT2D eigenvalue weighted by Crippen LogP contribution is -2.44. The van der Waals surface area contributed by atoms with Crippen molar-refractivity contribution in [2.24, 2.45) is 0 Å². The quantitative estimate of drug-likeness (QED) is 0.404. The number of rotatable bonds is 9. The zero-order valence-electron chi connectivity index (χ0n) is 19.0. The minimum Gasteiger partial charge on any atom is -0.486 e. The van der Waals surface area contributed by atoms with Gasteiger partial charge in [0.15, 0.2) is 0 Å². The van der Waals surface area contributed by atoms with Crippen molar-refractivity contribution in [1.29, 1.82) is 0 Å². The van der Waals surface area contributed by atoms with Gasteiger partial charge in [0.05, 0.1) is 18.7 Å². The standard InChI is InChI=1S/C26H26N4O5/c31-24(10-6-14-28-23-9-4-5-13-27-23)29-19-11-12-22-21(15-19)30(17-20(35-22)16-25(32)33)26(34)18-7-2-1-3-8-18/h1-5,7-9,11-13,15,20H,6,10,14,16-17H2,(H,27,28)(H,29,31)(H,32,33)/t20-/m0/s1. The fourth-order valence-electron chi connectivity index (χ4n) is 3.81. The normalized spacial score (nSPS) is 14.4. The highest BCUT2D eigenvalue weighted by molar-refractivity contribution is 6.07. The van der Waals surface area contributed by atoms with Crippen LogP contribution in [0.1, 0.15) is 29.6 Å². The summed E-state index contributed by atoms with van der Waals surface area (Å²) < 4.78 is 5.84. The first-order valence-electron chi connectivity index (χ1n) is 11.3. The number of pyridine rings is 1. The highest BCUT2D eigenvalue weighted by Gasteiger charge is 2.32. The molecule has 0 aliphatic carbocycles. The van der Waals surface area contributed by atoms with E-state index in [1.165, 1.54) is 4.90 Å². The molecule has 0 saturated heterocycles. The Labute approximate surface area is 202 Å². The largest absolute Gasteiger partial charge is 0.486 e. The lowest BCUT2D eigenvalue weighted by molar-refractivity contribution is -0.138. The first kappa shape index (κ1) is 23.7. The molecule has 9 nitrogen and oxygen atoms in total. The number of carboxylic acid groups (broad SMARTS) is 1. The van der Waals surface area contributed by atoms with E-state index in [1.54, 1.807) is 48.7 Å². The third kappa shape index (κ3) is 6.35. The molecule has 0 fully saturated rings. The van der Waals surface area contributed by atoms with Gasteiger partial charge in [0.1, 0.15) is 17.7 Å². The molecule has 1 aromatic heterocycles. The summed E-state index contributed by atoms with van der Waals surface area (Å²) in [6.07, 6.45) is 1.71. The molecule has 0 unspecified atom stereocenters. The minimum atomic E-state index is -1.01. The van der Waals surface area contributed by atoms with E-state index in [4.69, 9.17) is 4.74 Å². The molecule has 0 spiro atoms. The van der Waals surface area contributed by atoms with Gasteiger partial charge in [0.25, 0.3) is 5.91 Å². The number of hydrogen-bond donors (Lipinski definition) is 3. The zero-order chi connectivity index (χ0) is 24.6. The molecule has 1 aliphatic rings. The molecule has 9 heteroatoms. The molecular weight excluding hydrogens is 448 g/mol. The van der Waals surface area contributed by atoms with Crippen molar-refractivity contribution >= 4 is 35.0 Å². The molecule has 3 N–H and O–H groups in total. The maximum absolute atomic E-state index is 13.2. The van der Waals surface area contributed by atoms with E-state index in [2.05, 4.69) is 15.6 Å². The van der Waals surface area contributed by atoms with Gasteiger partial charge in [-0.05, 0) is 48.9 Å². The summed E-state index contributed by atoms with van der Waals surface area (Å²) in [6.45, 7) is 0.691. The molecule has 1 aliphatic heterocycles. The van der Waals surface area contributed by atoms with E-state index < -0.39 is 12.1 Å². The van der Waals surface area contributed by atoms with Crippen molar-refractivity contribution in [2.75, 3.05) is 28.6 Å². The second-order valence-corrected chi connectivity index (χ2v) is 8.10. The van der Waals surface area contributed by atoms with Crippen LogP contribution in [0, 0.1) is 0 Å². The van der Waals surface area contributed by atoms with E-state index in [-0.39, 0.29) is 24.8 Å². The SMILES string of the molecule is O=C(O)C[C@H]1CN(C(=O)c2ccccc2)c2cc(NC(=O)CCCNc3ccccn3)ccc2O1. The Morgan fingerprint density at radius 1 is 1.06 bits per heavy atom. The van der Waals surface area contributed by atoms with Crippen molar-refractivity contribution in [3.63, 3.8) is 0 Å². The maximum atomic E-state index is 13.2. The van der Waals surface area contributed by atoms with Gasteiger partial charge in [-0.3, -0.25) is 14.4 Å². The van der Waals surface area contributed by atoms with Crippen LogP contribution in [0.25, 0.3) is 0 Å². The van der Waals surface area contributed by atoms with Gasteiger partial charge in [-0.25, -0.2) is 4.98 Å². The Kier molecular flexibility index (Phi) is 7.57. The summed E-state index contributed by atoms with van der Waals surface area (Å²) in [5, 5.41) is 15.2. The summed E-state index contributed by atoms with van der Waals surface area (Å²) in [7, 11) is 0. The van der Waals surface area contributed by atoms with Gasteiger partial charge in [0.2, 0.25) is 5.91 Å². The molecule has 2 aromatic carbocycles. The van der Waals surface area contributed by atoms with Crippen molar-refractivity contribution in [3.05, 3.63) is 78.5 Å². The molecule has 4 rings (SSSR count). The second-order valence-electron chi connectivity index (χ2n) is 8.10. The van der Waals surface area contributed by atoms with E-state index in [9.17, 15) is 19.5 Å². The van der Waals surface area contributed by atoms with Gasteiger partial charge < -0.3 is 25.4 Å². The number of nitrogens with zero attached hydrogens (tertiary/aromatic N) is 2. The van der Waals surface area contributed by atoms with Crippen molar-refractivity contribution in [1.82, 2.24) is 4.98 Å². The summed E-state index contributed by atoms with van der Waals surface area (Å²) in [5.41, 5.74) is 1.48. The lowest BCUT2D eigenvalue weighted by atomic mass is 10.1. The first-order chi connectivity index (χ1) is 17.0. The number of carbonyl (C=O) groups excluding carboxylic acids is 2. The van der Waals surface area contributed by atoms with E-state index in [1.807, 2.05) is 24.3 Å². The van der Waals surface area contributed by atoms with Crippen LogP contribution in [0.3, 0.4) is 0 Å². The summed E-state index contributed by atoms with van der Waals surface area (Å²) in [4.78, 5) is 42.7. The van der Waals surface area contributed by atoms with Gasteiger partial charge in [-0.2, -0.15) is 0 Å². The predicted octanol–water partition coefficient (Wildman–Crippen LogP) is 3.79. The number of aromatic nitrogens is 1. The van der Waals surface area contributed by atoms with Gasteiger partial charge in [-0.15, -0.1) is 0 Å². The fraction of sp³-hybridized carbons (Fsp3) is 0.231. The zero-order valence-corrected chi connectivity index (χ0v) is 19.0. The Bertz CT molecular complexity index is 1190. The summed E-state index contributed by atoms with van der Waals surface area (Å²) >= 11 is 0. The monoisotopic (exact) mass is 474 g/mol. The number of aliphatic carboxylic acids is 1. The molecule has 35 heavy (non-hydrogen) atoms. The number of carboxylic acids is 1.